The van der Waals surface area contributed by atoms with Gasteiger partial charge >= 0.3 is 0 Å². The molecule has 0 saturated carbocycles. The smallest absolute Gasteiger partial charge is 0.168 e. The molecule has 1 aromatic carbocycles. The number of nitrogens with one attached hydrogen (secondary N) is 1. The summed E-state index contributed by atoms with van der Waals surface area (Å²) in [4.78, 5) is 0. The van der Waals surface area contributed by atoms with E-state index in [1.54, 1.807) is 0 Å². The summed E-state index contributed by atoms with van der Waals surface area (Å²) >= 11 is 4.73. The molecule has 0 aliphatic carbocycles. The molecule has 0 fully saturated rings. The number of rotatable bonds is 1. The van der Waals surface area contributed by atoms with Crippen LogP contribution in [0, 0.1) is 0 Å². The Bertz CT molecular complexity index is 368. The van der Waals surface area contributed by atoms with Gasteiger partial charge in [-0.1, -0.05) is 0 Å². The largest absolute Gasteiger partial charge is 0.486 e. The zero-order chi connectivity index (χ0) is 9.97. The maximum atomic E-state index is 5.40. The first-order valence-electron chi connectivity index (χ1n) is 4.22. The van der Waals surface area contributed by atoms with E-state index in [4.69, 9.17) is 27.4 Å². The molecule has 5 heteroatoms. The van der Waals surface area contributed by atoms with Gasteiger partial charge in [0.05, 0.1) is 0 Å². The SMILES string of the molecule is NC(=S)Nc1ccc2c(c1)OCCO2. The van der Waals surface area contributed by atoms with Crippen molar-refractivity contribution in [3.05, 3.63) is 18.2 Å². The van der Waals surface area contributed by atoms with E-state index < -0.39 is 0 Å². The van der Waals surface area contributed by atoms with Crippen LogP contribution in [0.25, 0.3) is 0 Å². The van der Waals surface area contributed by atoms with Crippen LogP contribution in [0.4, 0.5) is 5.69 Å². The van der Waals surface area contributed by atoms with E-state index in [2.05, 4.69) is 5.32 Å². The molecule has 2 rings (SSSR count). The highest BCUT2D eigenvalue weighted by atomic mass is 32.1. The molecule has 14 heavy (non-hydrogen) atoms. The molecule has 4 nitrogen and oxygen atoms in total. The van der Waals surface area contributed by atoms with Gasteiger partial charge in [0.1, 0.15) is 13.2 Å². The average Bonchev–Trinajstić information content (AvgIpc) is 2.17. The maximum Gasteiger partial charge on any atom is 0.168 e. The van der Waals surface area contributed by atoms with Crippen molar-refractivity contribution in [2.75, 3.05) is 18.5 Å². The Morgan fingerprint density at radius 2 is 2.00 bits per heavy atom. The summed E-state index contributed by atoms with van der Waals surface area (Å²) < 4.78 is 10.8. The van der Waals surface area contributed by atoms with Crippen LogP contribution in [0.1, 0.15) is 0 Å². The Kier molecular flexibility index (Phi) is 2.41. The molecule has 0 atom stereocenters. The van der Waals surface area contributed by atoms with Gasteiger partial charge in [0, 0.05) is 11.8 Å². The van der Waals surface area contributed by atoms with E-state index in [-0.39, 0.29) is 5.11 Å². The van der Waals surface area contributed by atoms with Gasteiger partial charge in [-0.05, 0) is 24.4 Å². The van der Waals surface area contributed by atoms with Crippen LogP contribution in [-0.2, 0) is 0 Å². The lowest BCUT2D eigenvalue weighted by Gasteiger charge is -2.18. The first-order chi connectivity index (χ1) is 6.75. The van der Waals surface area contributed by atoms with E-state index in [0.717, 1.165) is 17.2 Å². The molecule has 0 bridgehead atoms. The van der Waals surface area contributed by atoms with Crippen LogP contribution in [0.5, 0.6) is 11.5 Å². The fourth-order valence-electron chi connectivity index (χ4n) is 1.26. The molecule has 74 valence electrons. The van der Waals surface area contributed by atoms with Crippen LogP contribution in [0.3, 0.4) is 0 Å². The van der Waals surface area contributed by atoms with Crippen molar-refractivity contribution < 1.29 is 9.47 Å². The molecule has 1 aliphatic heterocycles. The highest BCUT2D eigenvalue weighted by Gasteiger charge is 2.11. The molecule has 3 N–H and O–H groups in total. The Morgan fingerprint density at radius 1 is 1.29 bits per heavy atom. The van der Waals surface area contributed by atoms with Crippen molar-refractivity contribution in [2.45, 2.75) is 0 Å². The normalized spacial score (nSPS) is 13.4. The molecule has 0 aromatic heterocycles. The zero-order valence-corrected chi connectivity index (χ0v) is 8.26. The van der Waals surface area contributed by atoms with Crippen LogP contribution in [0.15, 0.2) is 18.2 Å². The minimum Gasteiger partial charge on any atom is -0.486 e. The van der Waals surface area contributed by atoms with Gasteiger partial charge in [-0.3, -0.25) is 0 Å². The molecule has 1 aliphatic rings. The zero-order valence-electron chi connectivity index (χ0n) is 7.45. The Balaban J connectivity index is 2.24. The van der Waals surface area contributed by atoms with Crippen molar-refractivity contribution in [3.63, 3.8) is 0 Å². The van der Waals surface area contributed by atoms with Crippen molar-refractivity contribution in [3.8, 4) is 11.5 Å². The van der Waals surface area contributed by atoms with Crippen LogP contribution < -0.4 is 20.5 Å². The van der Waals surface area contributed by atoms with Crippen molar-refractivity contribution >= 4 is 23.0 Å². The Hall–Kier alpha value is -1.49. The fourth-order valence-corrected chi connectivity index (χ4v) is 1.38. The second kappa shape index (κ2) is 3.71. The van der Waals surface area contributed by atoms with E-state index in [1.807, 2.05) is 18.2 Å². The van der Waals surface area contributed by atoms with Crippen molar-refractivity contribution in [1.29, 1.82) is 0 Å². The van der Waals surface area contributed by atoms with Gasteiger partial charge < -0.3 is 20.5 Å². The third-order valence-corrected chi connectivity index (χ3v) is 1.91. The van der Waals surface area contributed by atoms with Crippen molar-refractivity contribution in [1.82, 2.24) is 0 Å². The van der Waals surface area contributed by atoms with Crippen LogP contribution in [0.2, 0.25) is 0 Å². The first kappa shape index (κ1) is 9.08. The number of fused-ring (bicyclic) bond motifs is 1. The molecular formula is C9H10N2O2S. The minimum absolute atomic E-state index is 0.238. The monoisotopic (exact) mass is 210 g/mol. The standard InChI is InChI=1S/C9H10N2O2S/c10-9(14)11-6-1-2-7-8(5-6)13-4-3-12-7/h1-2,5H,3-4H2,(H3,10,11,14). The summed E-state index contributed by atoms with van der Waals surface area (Å²) in [6.07, 6.45) is 0. The number of anilines is 1. The highest BCUT2D eigenvalue weighted by molar-refractivity contribution is 7.80. The number of ether oxygens (including phenoxy) is 2. The average molecular weight is 210 g/mol. The van der Waals surface area contributed by atoms with Gasteiger partial charge in [-0.2, -0.15) is 0 Å². The second-order valence-corrected chi connectivity index (χ2v) is 3.29. The number of thiocarbonyl (C=S) groups is 1. The molecule has 0 spiro atoms. The maximum absolute atomic E-state index is 5.40. The van der Waals surface area contributed by atoms with Gasteiger partial charge in [-0.25, -0.2) is 0 Å². The number of hydrogen-bond donors (Lipinski definition) is 2. The number of hydrogen-bond acceptors (Lipinski definition) is 3. The lowest BCUT2D eigenvalue weighted by atomic mass is 10.2. The van der Waals surface area contributed by atoms with E-state index in [9.17, 15) is 0 Å². The minimum atomic E-state index is 0.238. The fraction of sp³-hybridized carbons (Fsp3) is 0.222. The summed E-state index contributed by atoms with van der Waals surface area (Å²) in [7, 11) is 0. The third-order valence-electron chi connectivity index (χ3n) is 1.81. The van der Waals surface area contributed by atoms with E-state index in [1.165, 1.54) is 0 Å². The van der Waals surface area contributed by atoms with Crippen molar-refractivity contribution in [2.24, 2.45) is 5.73 Å². The predicted molar refractivity (Wildman–Crippen MR) is 57.8 cm³/mol. The Labute approximate surface area is 87.0 Å². The molecule has 0 radical (unpaired) electrons. The third kappa shape index (κ3) is 1.88. The molecule has 0 unspecified atom stereocenters. The van der Waals surface area contributed by atoms with Gasteiger partial charge in [0.2, 0.25) is 0 Å². The predicted octanol–water partition coefficient (Wildman–Crippen LogP) is 1.11. The van der Waals surface area contributed by atoms with Gasteiger partial charge in [0.25, 0.3) is 0 Å². The summed E-state index contributed by atoms with van der Waals surface area (Å²) in [6, 6.07) is 5.48. The molecule has 1 aromatic rings. The first-order valence-corrected chi connectivity index (χ1v) is 4.62. The number of nitrogens with two attached hydrogens (primary N) is 1. The quantitative estimate of drug-likeness (QED) is 0.680. The van der Waals surface area contributed by atoms with E-state index in [0.29, 0.717) is 13.2 Å². The lowest BCUT2D eigenvalue weighted by Crippen LogP contribution is -2.19. The highest BCUT2D eigenvalue weighted by Crippen LogP contribution is 2.32. The molecular weight excluding hydrogens is 200 g/mol. The summed E-state index contributed by atoms with van der Waals surface area (Å²) in [6.45, 7) is 1.17. The Morgan fingerprint density at radius 3 is 2.71 bits per heavy atom. The van der Waals surface area contributed by atoms with E-state index >= 15 is 0 Å². The van der Waals surface area contributed by atoms with Crippen LogP contribution >= 0.6 is 12.2 Å². The number of benzene rings is 1. The summed E-state index contributed by atoms with van der Waals surface area (Å²) in [5, 5.41) is 3.07. The summed E-state index contributed by atoms with van der Waals surface area (Å²) in [5.41, 5.74) is 6.16. The molecule has 1 heterocycles. The molecule has 0 saturated heterocycles. The summed E-state index contributed by atoms with van der Waals surface area (Å²) in [5.74, 6) is 1.47. The van der Waals surface area contributed by atoms with Gasteiger partial charge in [-0.15, -0.1) is 0 Å². The lowest BCUT2D eigenvalue weighted by molar-refractivity contribution is 0.171. The topological polar surface area (TPSA) is 56.5 Å². The van der Waals surface area contributed by atoms with Gasteiger partial charge in [0.15, 0.2) is 16.6 Å². The van der Waals surface area contributed by atoms with Crippen LogP contribution in [-0.4, -0.2) is 18.3 Å². The second-order valence-electron chi connectivity index (χ2n) is 2.85. The molecule has 0 amide bonds.